The van der Waals surface area contributed by atoms with E-state index in [1.54, 1.807) is 37.3 Å². The summed E-state index contributed by atoms with van der Waals surface area (Å²) in [7, 11) is 0. The number of aliphatic imine (C=N–C) groups is 1. The van der Waals surface area contributed by atoms with Crippen LogP contribution >= 0.6 is 23.2 Å². The fourth-order valence-electron chi connectivity index (χ4n) is 2.90. The maximum atomic E-state index is 13.4. The van der Waals surface area contributed by atoms with Crippen molar-refractivity contribution in [2.24, 2.45) is 4.99 Å². The fraction of sp³-hybridized carbons (Fsp3) is 0.105. The molecule has 0 aliphatic carbocycles. The van der Waals surface area contributed by atoms with E-state index < -0.39 is 6.17 Å². The zero-order valence-electron chi connectivity index (χ0n) is 14.6. The fourth-order valence-corrected chi connectivity index (χ4v) is 3.25. The lowest BCUT2D eigenvalue weighted by Gasteiger charge is -2.27. The van der Waals surface area contributed by atoms with Gasteiger partial charge in [0.05, 0.1) is 15.7 Å². The Morgan fingerprint density at radius 3 is 2.68 bits per heavy atom. The van der Waals surface area contributed by atoms with Crippen molar-refractivity contribution in [2.45, 2.75) is 13.1 Å². The molecule has 2 N–H and O–H groups in total. The molecule has 6 nitrogen and oxygen atoms in total. The van der Waals surface area contributed by atoms with E-state index in [4.69, 9.17) is 23.2 Å². The second-order valence-electron chi connectivity index (χ2n) is 6.18. The van der Waals surface area contributed by atoms with Crippen molar-refractivity contribution in [3.63, 3.8) is 0 Å². The lowest BCUT2D eigenvalue weighted by molar-refractivity contribution is 0.573. The first-order valence-electron chi connectivity index (χ1n) is 8.34. The molecule has 1 aliphatic heterocycles. The summed E-state index contributed by atoms with van der Waals surface area (Å²) < 4.78 is 14.8. The van der Waals surface area contributed by atoms with Crippen molar-refractivity contribution >= 4 is 40.8 Å². The third-order valence-corrected chi connectivity index (χ3v) is 5.00. The molecule has 0 radical (unpaired) electrons. The highest BCUT2D eigenvalue weighted by Gasteiger charge is 2.25. The van der Waals surface area contributed by atoms with Crippen molar-refractivity contribution in [3.05, 3.63) is 86.0 Å². The number of guanidine groups is 1. The van der Waals surface area contributed by atoms with Gasteiger partial charge >= 0.3 is 0 Å². The molecule has 0 saturated carbocycles. The summed E-state index contributed by atoms with van der Waals surface area (Å²) >= 11 is 12.3. The molecule has 0 bridgehead atoms. The van der Waals surface area contributed by atoms with E-state index >= 15 is 0 Å². The number of hydrogen-bond acceptors (Lipinski definition) is 5. The van der Waals surface area contributed by atoms with Crippen LogP contribution in [-0.4, -0.2) is 15.5 Å². The molecule has 142 valence electrons. The summed E-state index contributed by atoms with van der Waals surface area (Å²) in [6, 6.07) is 12.4. The molecule has 4 rings (SSSR count). The topological polar surface area (TPSA) is 71.3 Å². The third-order valence-electron chi connectivity index (χ3n) is 4.18. The van der Waals surface area contributed by atoms with Crippen LogP contribution in [0, 0.1) is 12.7 Å². The molecular formula is C19H14Cl2FN5O. The Morgan fingerprint density at radius 1 is 1.18 bits per heavy atom. The van der Waals surface area contributed by atoms with Gasteiger partial charge in [-0.2, -0.15) is 0 Å². The quantitative estimate of drug-likeness (QED) is 0.646. The number of fused-ring (bicyclic) bond motifs is 1. The van der Waals surface area contributed by atoms with Crippen LogP contribution < -0.4 is 16.2 Å². The van der Waals surface area contributed by atoms with E-state index in [1.807, 2.05) is 0 Å². The summed E-state index contributed by atoms with van der Waals surface area (Å²) in [4.78, 5) is 21.6. The van der Waals surface area contributed by atoms with Crippen molar-refractivity contribution < 1.29 is 4.39 Å². The minimum absolute atomic E-state index is 0.270. The van der Waals surface area contributed by atoms with Crippen molar-refractivity contribution in [1.29, 1.82) is 0 Å². The largest absolute Gasteiger partial charge is 0.325 e. The third kappa shape index (κ3) is 3.46. The Labute approximate surface area is 169 Å². The smallest absolute Gasteiger partial charge is 0.257 e. The van der Waals surface area contributed by atoms with E-state index in [9.17, 15) is 9.18 Å². The molecule has 0 spiro atoms. The van der Waals surface area contributed by atoms with Gasteiger partial charge in [0.15, 0.2) is 6.17 Å². The Bertz CT molecular complexity index is 1140. The number of rotatable bonds is 2. The average molecular weight is 418 g/mol. The lowest BCUT2D eigenvalue weighted by atomic mass is 10.1. The molecule has 0 amide bonds. The normalized spacial score (nSPS) is 15.4. The van der Waals surface area contributed by atoms with Gasteiger partial charge in [-0.05, 0) is 36.8 Å². The summed E-state index contributed by atoms with van der Waals surface area (Å²) in [5.41, 5.74) is 1.46. The zero-order valence-corrected chi connectivity index (χ0v) is 16.1. The van der Waals surface area contributed by atoms with E-state index in [-0.39, 0.29) is 11.4 Å². The second-order valence-corrected chi connectivity index (χ2v) is 6.97. The Morgan fingerprint density at radius 2 is 1.93 bits per heavy atom. The van der Waals surface area contributed by atoms with Crippen molar-refractivity contribution in [1.82, 2.24) is 9.55 Å². The lowest BCUT2D eigenvalue weighted by Crippen LogP contribution is -2.37. The Balaban J connectivity index is 1.81. The van der Waals surface area contributed by atoms with Crippen LogP contribution in [0.2, 0.25) is 10.0 Å². The van der Waals surface area contributed by atoms with Gasteiger partial charge in [0.2, 0.25) is 11.9 Å². The highest BCUT2D eigenvalue weighted by Crippen LogP contribution is 2.31. The summed E-state index contributed by atoms with van der Waals surface area (Å²) in [5, 5.41) is 6.81. The van der Waals surface area contributed by atoms with Crippen LogP contribution in [0.1, 0.15) is 17.4 Å². The highest BCUT2D eigenvalue weighted by molar-refractivity contribution is 6.44. The molecular weight excluding hydrogens is 404 g/mol. The average Bonchev–Trinajstić information content (AvgIpc) is 2.65. The molecule has 2 heterocycles. The molecule has 1 aliphatic rings. The minimum atomic E-state index is -0.724. The molecule has 3 aromatic rings. The van der Waals surface area contributed by atoms with Crippen LogP contribution in [0.5, 0.6) is 0 Å². The molecule has 0 unspecified atom stereocenters. The Hall–Kier alpha value is -2.90. The molecule has 1 aromatic heterocycles. The van der Waals surface area contributed by atoms with Gasteiger partial charge in [0.25, 0.3) is 5.56 Å². The second kappa shape index (κ2) is 7.26. The maximum Gasteiger partial charge on any atom is 0.257 e. The van der Waals surface area contributed by atoms with Crippen molar-refractivity contribution in [2.75, 3.05) is 10.6 Å². The SMILES string of the molecule is Cc1cc(=O)n2c(n1)NC(Nc1cccc(Cl)c1Cl)=N[C@H]2c1ccc(F)cc1. The standard InChI is InChI=1S/C19H14Cl2FN5O/c1-10-9-15(28)27-17(11-5-7-12(22)8-6-11)25-18(26-19(27)23-10)24-14-4-2-3-13(20)16(14)21/h2-9,17H,1H3,(H2,23,24,25,26)/t17-/m1/s1. The molecule has 0 fully saturated rings. The summed E-state index contributed by atoms with van der Waals surface area (Å²) in [6.07, 6.45) is -0.724. The molecule has 0 saturated heterocycles. The first-order chi connectivity index (χ1) is 13.4. The van der Waals surface area contributed by atoms with Gasteiger partial charge in [-0.1, -0.05) is 41.4 Å². The van der Waals surface area contributed by atoms with E-state index in [1.165, 1.54) is 22.8 Å². The van der Waals surface area contributed by atoms with Gasteiger partial charge < -0.3 is 5.32 Å². The molecule has 9 heteroatoms. The monoisotopic (exact) mass is 417 g/mol. The van der Waals surface area contributed by atoms with Crippen LogP contribution in [0.4, 0.5) is 16.0 Å². The maximum absolute atomic E-state index is 13.4. The number of benzene rings is 2. The number of nitrogens with one attached hydrogen (secondary N) is 2. The van der Waals surface area contributed by atoms with Gasteiger partial charge in [0.1, 0.15) is 5.82 Å². The van der Waals surface area contributed by atoms with Gasteiger partial charge in [0, 0.05) is 11.8 Å². The molecule has 28 heavy (non-hydrogen) atoms. The predicted octanol–water partition coefficient (Wildman–Crippen LogP) is 4.44. The van der Waals surface area contributed by atoms with E-state index in [2.05, 4.69) is 20.6 Å². The van der Waals surface area contributed by atoms with Crippen LogP contribution in [0.25, 0.3) is 0 Å². The van der Waals surface area contributed by atoms with Gasteiger partial charge in [-0.3, -0.25) is 14.7 Å². The minimum Gasteiger partial charge on any atom is -0.325 e. The van der Waals surface area contributed by atoms with Crippen LogP contribution in [0.15, 0.2) is 58.3 Å². The zero-order chi connectivity index (χ0) is 19.8. The molecule has 1 atom stereocenters. The first-order valence-corrected chi connectivity index (χ1v) is 9.09. The predicted molar refractivity (Wildman–Crippen MR) is 109 cm³/mol. The Kier molecular flexibility index (Phi) is 4.78. The number of halogens is 3. The van der Waals surface area contributed by atoms with E-state index in [0.29, 0.717) is 38.9 Å². The van der Waals surface area contributed by atoms with Crippen LogP contribution in [0.3, 0.4) is 0 Å². The van der Waals surface area contributed by atoms with Gasteiger partial charge in [-0.15, -0.1) is 0 Å². The number of nitrogens with zero attached hydrogens (tertiary/aromatic N) is 3. The van der Waals surface area contributed by atoms with Gasteiger partial charge in [-0.25, -0.2) is 14.4 Å². The van der Waals surface area contributed by atoms with E-state index in [0.717, 1.165) is 0 Å². The summed E-state index contributed by atoms with van der Waals surface area (Å²) in [6.45, 7) is 1.73. The number of anilines is 2. The van der Waals surface area contributed by atoms with Crippen molar-refractivity contribution in [3.8, 4) is 0 Å². The molecule has 2 aromatic carbocycles. The number of hydrogen-bond donors (Lipinski definition) is 2. The number of aryl methyl sites for hydroxylation is 1. The first kappa shape index (κ1) is 18.5. The highest BCUT2D eigenvalue weighted by atomic mass is 35.5. The number of aromatic nitrogens is 2. The van der Waals surface area contributed by atoms with Crippen LogP contribution in [-0.2, 0) is 0 Å². The summed E-state index contributed by atoms with van der Waals surface area (Å²) in [5.74, 6) is 0.270.